The second-order valence-electron chi connectivity index (χ2n) is 8.24. The van der Waals surface area contributed by atoms with Gasteiger partial charge in [0.15, 0.2) is 5.78 Å². The molecule has 2 unspecified atom stereocenters. The van der Waals surface area contributed by atoms with Crippen molar-refractivity contribution in [2.45, 2.75) is 72.8 Å². The number of alkyl carbamates (subject to hydrolysis) is 1. The number of ether oxygens (including phenoxy) is 2. The van der Waals surface area contributed by atoms with Gasteiger partial charge >= 0.3 is 6.09 Å². The first-order chi connectivity index (χ1) is 11.4. The number of amides is 1. The van der Waals surface area contributed by atoms with E-state index < -0.39 is 29.3 Å². The van der Waals surface area contributed by atoms with Crippen LogP contribution in [0.1, 0.15) is 54.0 Å². The highest BCUT2D eigenvalue weighted by Crippen LogP contribution is 2.20. The molecule has 1 N–H and O–H groups in total. The van der Waals surface area contributed by atoms with Gasteiger partial charge in [0.2, 0.25) is 0 Å². The van der Waals surface area contributed by atoms with Crippen molar-refractivity contribution < 1.29 is 19.1 Å². The lowest BCUT2D eigenvalue weighted by Crippen LogP contribution is -2.53. The minimum absolute atomic E-state index is 0.0982. The van der Waals surface area contributed by atoms with E-state index in [9.17, 15) is 9.59 Å². The Morgan fingerprint density at radius 1 is 1.04 bits per heavy atom. The minimum Gasteiger partial charge on any atom is -0.444 e. The summed E-state index contributed by atoms with van der Waals surface area (Å²) in [4.78, 5) is 24.9. The van der Waals surface area contributed by atoms with Crippen molar-refractivity contribution >= 4 is 11.9 Å². The van der Waals surface area contributed by atoms with Crippen molar-refractivity contribution in [2.24, 2.45) is 5.41 Å². The van der Waals surface area contributed by atoms with Gasteiger partial charge in [-0.1, -0.05) is 51.1 Å². The molecule has 140 valence electrons. The Morgan fingerprint density at radius 3 is 2.08 bits per heavy atom. The molecule has 5 heteroatoms. The Hall–Kier alpha value is -1.88. The average Bonchev–Trinajstić information content (AvgIpc) is 2.48. The van der Waals surface area contributed by atoms with Crippen molar-refractivity contribution in [1.29, 1.82) is 0 Å². The molecule has 0 fully saturated rings. The number of Topliss-reactive ketones (excluding diaryl/α,β-unsaturated/α-hetero) is 1. The molecule has 1 aromatic rings. The molecular weight excluding hydrogens is 318 g/mol. The highest BCUT2D eigenvalue weighted by atomic mass is 16.6. The molecule has 0 aliphatic heterocycles. The maximum Gasteiger partial charge on any atom is 0.408 e. The van der Waals surface area contributed by atoms with Crippen molar-refractivity contribution in [1.82, 2.24) is 5.32 Å². The zero-order valence-corrected chi connectivity index (χ0v) is 16.4. The van der Waals surface area contributed by atoms with E-state index in [1.165, 1.54) is 0 Å². The van der Waals surface area contributed by atoms with Crippen molar-refractivity contribution in [3.05, 3.63) is 35.9 Å². The van der Waals surface area contributed by atoms with Crippen LogP contribution < -0.4 is 5.32 Å². The normalized spacial score (nSPS) is 14.5. The third-order valence-electron chi connectivity index (χ3n) is 3.52. The van der Waals surface area contributed by atoms with E-state index in [1.54, 1.807) is 27.7 Å². The summed E-state index contributed by atoms with van der Waals surface area (Å²) in [6.45, 7) is 13.0. The summed E-state index contributed by atoms with van der Waals surface area (Å²) in [7, 11) is 0. The summed E-state index contributed by atoms with van der Waals surface area (Å²) in [6.07, 6.45) is -1.11. The van der Waals surface area contributed by atoms with Crippen LogP contribution in [0.3, 0.4) is 0 Å². The van der Waals surface area contributed by atoms with Gasteiger partial charge in [-0.15, -0.1) is 0 Å². The number of carbonyl (C=O) groups is 2. The number of ketones is 1. The molecule has 0 bridgehead atoms. The molecule has 25 heavy (non-hydrogen) atoms. The van der Waals surface area contributed by atoms with Gasteiger partial charge in [0.1, 0.15) is 11.6 Å². The Morgan fingerprint density at radius 2 is 1.60 bits per heavy atom. The quantitative estimate of drug-likeness (QED) is 0.840. The summed E-state index contributed by atoms with van der Waals surface area (Å²) >= 11 is 0. The van der Waals surface area contributed by atoms with E-state index in [-0.39, 0.29) is 5.78 Å². The third kappa shape index (κ3) is 7.69. The maximum atomic E-state index is 12.8. The molecule has 0 spiro atoms. The summed E-state index contributed by atoms with van der Waals surface area (Å²) in [6, 6.07) is 8.92. The molecule has 1 aromatic carbocycles. The first kappa shape index (κ1) is 21.2. The number of carbonyl (C=O) groups excluding carboxylic acids is 2. The fourth-order valence-electron chi connectivity index (χ4n) is 2.20. The fourth-order valence-corrected chi connectivity index (χ4v) is 2.20. The molecule has 0 radical (unpaired) electrons. The van der Waals surface area contributed by atoms with Gasteiger partial charge in [-0.05, 0) is 33.3 Å². The molecule has 0 aliphatic carbocycles. The van der Waals surface area contributed by atoms with Crippen LogP contribution >= 0.6 is 0 Å². The first-order valence-corrected chi connectivity index (χ1v) is 8.59. The van der Waals surface area contributed by atoms with E-state index in [1.807, 2.05) is 51.1 Å². The van der Waals surface area contributed by atoms with Gasteiger partial charge in [-0.25, -0.2) is 4.79 Å². The van der Waals surface area contributed by atoms with Crippen LogP contribution in [0.2, 0.25) is 0 Å². The number of nitrogens with one attached hydrogen (secondary N) is 1. The van der Waals surface area contributed by atoms with Crippen LogP contribution in [0, 0.1) is 5.41 Å². The average molecular weight is 349 g/mol. The van der Waals surface area contributed by atoms with Crippen LogP contribution in [0.15, 0.2) is 30.3 Å². The van der Waals surface area contributed by atoms with Crippen molar-refractivity contribution in [3.8, 4) is 0 Å². The van der Waals surface area contributed by atoms with Crippen LogP contribution in [-0.4, -0.2) is 29.6 Å². The topological polar surface area (TPSA) is 64.6 Å². The Kier molecular flexibility index (Phi) is 7.17. The Balaban J connectivity index is 2.82. The highest BCUT2D eigenvalue weighted by Gasteiger charge is 2.36. The monoisotopic (exact) mass is 349 g/mol. The summed E-state index contributed by atoms with van der Waals surface area (Å²) in [5.41, 5.74) is -0.231. The fraction of sp³-hybridized carbons (Fsp3) is 0.600. The largest absolute Gasteiger partial charge is 0.444 e. The molecule has 0 heterocycles. The van der Waals surface area contributed by atoms with Gasteiger partial charge in [0.25, 0.3) is 0 Å². The summed E-state index contributed by atoms with van der Waals surface area (Å²) in [5.74, 6) is -0.0982. The van der Waals surface area contributed by atoms with Gasteiger partial charge in [-0.3, -0.25) is 4.79 Å². The molecule has 0 saturated heterocycles. The third-order valence-corrected chi connectivity index (χ3v) is 3.52. The molecule has 1 amide bonds. The van der Waals surface area contributed by atoms with E-state index in [0.29, 0.717) is 6.61 Å². The molecule has 0 aliphatic rings. The maximum absolute atomic E-state index is 12.8. The Labute approximate surface area is 151 Å². The van der Waals surface area contributed by atoms with Crippen LogP contribution in [0.25, 0.3) is 0 Å². The predicted molar refractivity (Wildman–Crippen MR) is 98.3 cm³/mol. The minimum atomic E-state index is -0.779. The lowest BCUT2D eigenvalue weighted by molar-refractivity contribution is -0.132. The first-order valence-electron chi connectivity index (χ1n) is 8.59. The molecule has 2 atom stereocenters. The van der Waals surface area contributed by atoms with E-state index in [0.717, 1.165) is 5.56 Å². The smallest absolute Gasteiger partial charge is 0.408 e. The molecule has 0 saturated carbocycles. The summed E-state index contributed by atoms with van der Waals surface area (Å²) < 4.78 is 11.1. The van der Waals surface area contributed by atoms with E-state index in [4.69, 9.17) is 9.47 Å². The van der Waals surface area contributed by atoms with Crippen LogP contribution in [0.4, 0.5) is 4.79 Å². The standard InChI is InChI=1S/C20H31NO4/c1-14(24-13-15-11-9-8-10-12-15)16(17(22)19(2,3)4)21-18(23)25-20(5,6)7/h8-12,14,16H,13H2,1-7H3,(H,21,23). The molecule has 0 aromatic heterocycles. The second-order valence-corrected chi connectivity index (χ2v) is 8.24. The zero-order valence-electron chi connectivity index (χ0n) is 16.4. The number of hydrogen-bond donors (Lipinski definition) is 1. The molecule has 5 nitrogen and oxygen atoms in total. The number of hydrogen-bond acceptors (Lipinski definition) is 4. The van der Waals surface area contributed by atoms with Gasteiger partial charge < -0.3 is 14.8 Å². The van der Waals surface area contributed by atoms with Crippen molar-refractivity contribution in [2.75, 3.05) is 0 Å². The lowest BCUT2D eigenvalue weighted by Gasteiger charge is -2.30. The van der Waals surface area contributed by atoms with Crippen molar-refractivity contribution in [3.63, 3.8) is 0 Å². The highest BCUT2D eigenvalue weighted by molar-refractivity contribution is 5.91. The Bertz CT molecular complexity index is 570. The van der Waals surface area contributed by atoms with E-state index >= 15 is 0 Å². The van der Waals surface area contributed by atoms with Crippen LogP contribution in [0.5, 0.6) is 0 Å². The van der Waals surface area contributed by atoms with Gasteiger partial charge in [-0.2, -0.15) is 0 Å². The zero-order chi connectivity index (χ0) is 19.3. The van der Waals surface area contributed by atoms with E-state index in [2.05, 4.69) is 5.32 Å². The predicted octanol–water partition coefficient (Wildman–Crippen LogP) is 4.10. The lowest BCUT2D eigenvalue weighted by atomic mass is 9.85. The van der Waals surface area contributed by atoms with Gasteiger partial charge in [0.05, 0.1) is 12.7 Å². The second kappa shape index (κ2) is 8.48. The SMILES string of the molecule is CC(OCc1ccccc1)C(NC(=O)OC(C)(C)C)C(=O)C(C)(C)C. The number of benzene rings is 1. The summed E-state index contributed by atoms with van der Waals surface area (Å²) in [5, 5.41) is 2.68. The number of rotatable bonds is 6. The molecular formula is C20H31NO4. The molecule has 1 rings (SSSR count). The van der Waals surface area contributed by atoms with Crippen LogP contribution in [-0.2, 0) is 20.9 Å². The van der Waals surface area contributed by atoms with Gasteiger partial charge in [0, 0.05) is 5.41 Å².